The molecule has 27 nitrogen and oxygen atoms in total. The molecule has 3 aromatic carbocycles. The van der Waals surface area contributed by atoms with Crippen LogP contribution in [0.25, 0.3) is 63.4 Å². The van der Waals surface area contributed by atoms with Crippen LogP contribution in [0.1, 0.15) is 149 Å². The third kappa shape index (κ3) is 25.4. The third-order valence-electron chi connectivity index (χ3n) is 29.2. The average Bonchev–Trinajstić information content (AvgIpc) is 1.65. The third-order valence-corrected chi connectivity index (χ3v) is 35.4. The lowest BCUT2D eigenvalue weighted by molar-refractivity contribution is -0.127. The Labute approximate surface area is 831 Å². The fraction of sp³-hybridized carbons (Fsp3) is 0.560. The number of aromatic nitrogens is 9. The number of piperidine rings is 3. The molecule has 3 atom stereocenters. The summed E-state index contributed by atoms with van der Waals surface area (Å²) < 4.78 is 176. The van der Waals surface area contributed by atoms with Gasteiger partial charge in [0.1, 0.15) is 61.2 Å². The topological polar surface area (TPSA) is 267 Å². The molecule has 3 N–H and O–H groups in total. The van der Waals surface area contributed by atoms with Gasteiger partial charge in [0.2, 0.25) is 26.5 Å². The molecule has 1 amide bonds. The molecule has 0 saturated carbocycles. The summed E-state index contributed by atoms with van der Waals surface area (Å²) in [5.41, 5.74) is 14.3. The number of nitrogens with zero attached hydrogens (tertiary/aromatic N) is 19. The van der Waals surface area contributed by atoms with E-state index in [1.165, 1.54) is 67.3 Å². The first-order valence-electron chi connectivity index (χ1n) is 48.9. The first kappa shape index (κ1) is 105. The lowest BCUT2D eigenvalue weighted by Crippen LogP contribution is -2.52. The summed E-state index contributed by atoms with van der Waals surface area (Å²) in [5, 5.41) is 26.2. The van der Waals surface area contributed by atoms with Gasteiger partial charge in [0.15, 0.2) is 0 Å². The van der Waals surface area contributed by atoms with Gasteiger partial charge in [0.25, 0.3) is 0 Å². The number of aryl methyl sites for hydroxylation is 8. The van der Waals surface area contributed by atoms with E-state index in [0.717, 1.165) is 207 Å². The van der Waals surface area contributed by atoms with Crippen LogP contribution in [-0.2, 0) is 83.4 Å². The van der Waals surface area contributed by atoms with Gasteiger partial charge < -0.3 is 34.6 Å². The van der Waals surface area contributed by atoms with E-state index in [1.807, 2.05) is 11.0 Å². The number of nitrogens with one attached hydrogen (secondary N) is 3. The van der Waals surface area contributed by atoms with Crippen molar-refractivity contribution in [2.45, 2.75) is 235 Å². The van der Waals surface area contributed by atoms with Crippen LogP contribution in [0.4, 0.5) is 57.0 Å². The van der Waals surface area contributed by atoms with Crippen LogP contribution in [0.5, 0.6) is 0 Å². The number of likely N-dealkylation sites (tertiary alicyclic amines) is 3. The van der Waals surface area contributed by atoms with Crippen molar-refractivity contribution in [2.75, 3.05) is 146 Å². The zero-order valence-electron chi connectivity index (χ0n) is 82.5. The van der Waals surface area contributed by atoms with Crippen LogP contribution < -0.4 is 16.0 Å². The molecule has 15 heterocycles. The average molecular weight is 2050 g/mol. The zero-order chi connectivity index (χ0) is 101. The number of fused-ring (bicyclic) bond motifs is 6. The molecule has 18 rings (SSSR count). The van der Waals surface area contributed by atoms with Crippen LogP contribution in [0.2, 0.25) is 0 Å². The number of anilines is 3. The number of rotatable bonds is 28. The lowest BCUT2D eigenvalue weighted by atomic mass is 10.0. The molecule has 6 aliphatic rings. The number of alkyl halides is 9. The summed E-state index contributed by atoms with van der Waals surface area (Å²) in [6, 6.07) is 28.4. The van der Waals surface area contributed by atoms with E-state index in [0.29, 0.717) is 123 Å². The standard InChI is InChI=1S/C34H43F3N8O2S2.C33H44F3N7O2S2.C33H42F3N7OS/c1-5-49(46,47)44-14-12-43(13-15-44)22(2)20-45-27(19-38)16-29-23(3)25(6-7-31(29)45)21-42-10-8-26(9-11-42)41-32-30-17-28(18-34(35,36)37)48-33(30)40-24(4)39-32;1-21-16-28-23(3)25(6-7-30(28)43(21)19-22(2)41-12-14-42(15-13-41)47(5,44)45)20-40-10-8-26(9-11-40)39-31-29-17-27(18-33(34,35)36)46-32(29)38-24(4)37-31;1-21-15-28-23(3)25(5-6-30(28)43(21)18-22(2)42-13-11-41(20-44)12-14-42)19-40-9-7-26(8-10-40)39-31-29-16-27(17-33(34,35)36)45-32(29)38-24(4)37-31/h6-7,16-17,22,26H,5,8-15,18,20-21H2,1-4H3,(H,39,40,41);6-7,16-17,22,26H,8-15,18-20H2,1-5H3,(H,37,38,39);5-6,15-16,20,22,26H,7-14,17-19H2,1-4H3,(H,37,38,39)/t3*22-/m000/s1. The van der Waals surface area contributed by atoms with Crippen LogP contribution in [0, 0.1) is 66.7 Å². The van der Waals surface area contributed by atoms with Crippen molar-refractivity contribution in [3.63, 3.8) is 0 Å². The van der Waals surface area contributed by atoms with Crippen molar-refractivity contribution >= 4 is 141 Å². The fourth-order valence-corrected chi connectivity index (χ4v) is 26.3. The number of thiophene rings is 3. The maximum absolute atomic E-state index is 13.0. The van der Waals surface area contributed by atoms with Gasteiger partial charge in [-0.25, -0.2) is 46.7 Å². The number of halogens is 9. The number of benzene rings is 3. The highest BCUT2D eigenvalue weighted by molar-refractivity contribution is 7.89. The number of piperazine rings is 3. The van der Waals surface area contributed by atoms with Gasteiger partial charge in [-0.1, -0.05) is 18.2 Å². The molecular weight excluding hydrogens is 1920 g/mol. The molecule has 6 fully saturated rings. The second-order valence-corrected chi connectivity index (χ2v) is 46.8. The second kappa shape index (κ2) is 43.6. The molecule has 0 spiro atoms. The number of carbonyl (C=O) groups excluding carboxylic acids is 1. The number of sulfonamides is 2. The van der Waals surface area contributed by atoms with E-state index in [-0.39, 0.29) is 50.6 Å². The summed E-state index contributed by atoms with van der Waals surface area (Å²) in [6.07, 6.45) is -7.97. The maximum Gasteiger partial charge on any atom is 0.393 e. The largest absolute Gasteiger partial charge is 0.393 e. The van der Waals surface area contributed by atoms with E-state index >= 15 is 0 Å². The highest BCUT2D eigenvalue weighted by atomic mass is 32.2. The monoisotopic (exact) mass is 2050 g/mol. The first-order valence-corrected chi connectivity index (χ1v) is 54.8. The molecule has 6 saturated heterocycles. The van der Waals surface area contributed by atoms with Crippen LogP contribution in [0.3, 0.4) is 0 Å². The van der Waals surface area contributed by atoms with Crippen molar-refractivity contribution in [2.24, 2.45) is 0 Å². The van der Waals surface area contributed by atoms with Crippen molar-refractivity contribution in [3.8, 4) is 6.07 Å². The second-order valence-electron chi connectivity index (χ2n) is 39.3. The van der Waals surface area contributed by atoms with Gasteiger partial charge in [-0.2, -0.15) is 53.4 Å². The van der Waals surface area contributed by atoms with Gasteiger partial charge in [-0.3, -0.25) is 34.2 Å². The molecule has 12 aromatic rings. The Morgan fingerprint density at radius 2 is 0.723 bits per heavy atom. The Kier molecular flexibility index (Phi) is 32.3. The van der Waals surface area contributed by atoms with Crippen molar-refractivity contribution < 1.29 is 61.1 Å². The molecule has 6 aliphatic heterocycles. The maximum atomic E-state index is 13.0. The number of hydrogen-bond donors (Lipinski definition) is 3. The van der Waals surface area contributed by atoms with Gasteiger partial charge in [-0.15, -0.1) is 34.0 Å². The Morgan fingerprint density at radius 1 is 0.418 bits per heavy atom. The Morgan fingerprint density at radius 3 is 1.03 bits per heavy atom. The smallest absolute Gasteiger partial charge is 0.367 e. The molecule has 9 aromatic heterocycles. The molecule has 0 radical (unpaired) electrons. The molecular formula is C100H129F9N22O5S5. The highest BCUT2D eigenvalue weighted by Gasteiger charge is 2.37. The minimum Gasteiger partial charge on any atom is -0.367 e. The molecule has 0 aliphatic carbocycles. The summed E-state index contributed by atoms with van der Waals surface area (Å²) in [6.45, 7) is 43.1. The quantitative estimate of drug-likeness (QED) is 0.0304. The van der Waals surface area contributed by atoms with Crippen LogP contribution >= 0.6 is 34.0 Å². The fourth-order valence-electron chi connectivity index (χ4n) is 21.0. The van der Waals surface area contributed by atoms with E-state index in [9.17, 15) is 66.4 Å². The number of amides is 1. The van der Waals surface area contributed by atoms with Crippen LogP contribution in [-0.4, -0.2) is 294 Å². The summed E-state index contributed by atoms with van der Waals surface area (Å²) in [4.78, 5) is 56.8. The van der Waals surface area contributed by atoms with Crippen molar-refractivity contribution in [1.82, 2.24) is 86.5 Å². The Hall–Kier alpha value is -9.29. The SMILES string of the molecule is CCS(=O)(=O)N1CCN([C@@H](C)Cn2c(C#N)cc3c(C)c(CN4CCC(Nc5nc(C)nc6sc(CC(F)(F)F)cc56)CC4)ccc32)CC1.Cc1nc(NC2CCN(Cc3ccc4c(cc(C)n4C[C@H](C)N4CCN(C=O)CC4)c3C)CC2)c2cc(CC(F)(F)F)sc2n1.Cc1nc(NC2CCN(Cc3ccc4c(cc(C)n4C[C@H](C)N4CCN(S(C)(=O)=O)CC4)c3C)CC2)c2cc(CC(F)(F)F)sc2n1. The van der Waals surface area contributed by atoms with Gasteiger partial charge in [-0.05, 0) is 210 Å². The van der Waals surface area contributed by atoms with Gasteiger partial charge in [0.05, 0.1) is 47.4 Å². The van der Waals surface area contributed by atoms with Crippen molar-refractivity contribution in [3.05, 3.63) is 155 Å². The highest BCUT2D eigenvalue weighted by Crippen LogP contribution is 2.41. The van der Waals surface area contributed by atoms with E-state index in [4.69, 9.17) is 0 Å². The van der Waals surface area contributed by atoms with E-state index in [1.54, 1.807) is 54.5 Å². The zero-order valence-corrected chi connectivity index (χ0v) is 86.6. The number of nitriles is 1. The minimum absolute atomic E-state index is 0.114. The normalized spacial score (nSPS) is 18.5. The first-order chi connectivity index (χ1) is 66.8. The molecule has 141 heavy (non-hydrogen) atoms. The van der Waals surface area contributed by atoms with E-state index in [2.05, 4.69) is 199 Å². The predicted molar refractivity (Wildman–Crippen MR) is 544 cm³/mol. The molecule has 762 valence electrons. The molecule has 0 unspecified atom stereocenters. The Balaban J connectivity index is 0.000000152. The summed E-state index contributed by atoms with van der Waals surface area (Å²) in [7, 11) is -6.34. The number of hydrogen-bond acceptors (Lipinski definition) is 24. The van der Waals surface area contributed by atoms with Crippen LogP contribution in [0.15, 0.2) is 72.8 Å². The van der Waals surface area contributed by atoms with E-state index < -0.39 is 57.8 Å². The lowest BCUT2D eigenvalue weighted by Gasteiger charge is -2.37. The minimum atomic E-state index is -4.27. The predicted octanol–water partition coefficient (Wildman–Crippen LogP) is 17.3. The van der Waals surface area contributed by atoms with Crippen molar-refractivity contribution in [1.29, 1.82) is 5.26 Å². The Bertz CT molecular complexity index is 6760. The molecule has 41 heteroatoms. The summed E-state index contributed by atoms with van der Waals surface area (Å²) in [5.74, 6) is 3.62. The number of carbonyl (C=O) groups is 1. The summed E-state index contributed by atoms with van der Waals surface area (Å²) >= 11 is 3.25. The van der Waals surface area contributed by atoms with Gasteiger partial charge in [0, 0.05) is 252 Å². The van der Waals surface area contributed by atoms with Gasteiger partial charge >= 0.3 is 18.5 Å². The molecule has 0 bridgehead atoms.